The molecule has 0 saturated carbocycles. The summed E-state index contributed by atoms with van der Waals surface area (Å²) in [5, 5.41) is 12.6. The Morgan fingerprint density at radius 1 is 0.864 bits per heavy atom. The summed E-state index contributed by atoms with van der Waals surface area (Å²) >= 11 is 0. The summed E-state index contributed by atoms with van der Waals surface area (Å²) in [5.74, 6) is 5.09. The smallest absolute Gasteiger partial charge is 0.340 e. The molecule has 0 saturated heterocycles. The standard InChI is InChI=1S/C6H9N.C5H9N3.C5H10N2O.C4H6N2O2.C4H6N2O.C3H6N2O/c1-5-3-6(2)7-4-5;1-4-6-5(2)8(3)7-4;1-4-6-5(2)8-7(4)3;1-3-5-8-4(7)6(3)2;1-3-5-4(2)7-6-3;1-3-4-2-6-5-3/h3H,4H2,1-2H3;1-3H3;5H,1-3H3;1-2H3;1-2H3;2H2,1H3,(H,4,5). The molecule has 0 fully saturated rings. The van der Waals surface area contributed by atoms with Gasteiger partial charge in [0.15, 0.2) is 24.6 Å². The van der Waals surface area contributed by atoms with Gasteiger partial charge in [0.25, 0.3) is 0 Å². The van der Waals surface area contributed by atoms with Crippen molar-refractivity contribution in [3.8, 4) is 0 Å². The van der Waals surface area contributed by atoms with Crippen LogP contribution in [-0.4, -0.2) is 83.6 Å². The zero-order valence-corrected chi connectivity index (χ0v) is 28.0. The molecular formula is C27H46N12O5. The van der Waals surface area contributed by atoms with Crippen molar-refractivity contribution in [2.24, 2.45) is 29.1 Å². The van der Waals surface area contributed by atoms with Crippen molar-refractivity contribution in [2.45, 2.75) is 75.5 Å². The fourth-order valence-electron chi connectivity index (χ4n) is 3.05. The van der Waals surface area contributed by atoms with E-state index in [9.17, 15) is 4.79 Å². The van der Waals surface area contributed by atoms with Gasteiger partial charge in [-0.25, -0.2) is 29.7 Å². The number of amidine groups is 2. The molecule has 17 nitrogen and oxygen atoms in total. The number of aryl methyl sites for hydroxylation is 6. The SMILES string of the molecule is CC1=CC(C)=NC1.CC1=NC(C)ON1C.CC1=NCON1.Cc1nc(C)n(C)n1.Cc1noc(=O)n1C.Cc1noc(C)n1. The first-order chi connectivity index (χ1) is 20.6. The predicted molar refractivity (Wildman–Crippen MR) is 166 cm³/mol. The van der Waals surface area contributed by atoms with Gasteiger partial charge >= 0.3 is 5.76 Å². The van der Waals surface area contributed by atoms with Crippen molar-refractivity contribution < 1.29 is 18.7 Å². The Hall–Kier alpha value is -4.51. The summed E-state index contributed by atoms with van der Waals surface area (Å²) in [6.07, 6.45) is 2.12. The average Bonchev–Trinajstić information content (AvgIpc) is 3.80. The van der Waals surface area contributed by atoms with E-state index in [2.05, 4.69) is 72.7 Å². The summed E-state index contributed by atoms with van der Waals surface area (Å²) in [6, 6.07) is 0. The van der Waals surface area contributed by atoms with Gasteiger partial charge in [0.05, 0.1) is 6.54 Å². The van der Waals surface area contributed by atoms with E-state index in [1.165, 1.54) is 10.1 Å². The van der Waals surface area contributed by atoms with E-state index < -0.39 is 5.76 Å². The summed E-state index contributed by atoms with van der Waals surface area (Å²) in [7, 11) is 5.34. The van der Waals surface area contributed by atoms with Gasteiger partial charge in [0, 0.05) is 33.8 Å². The summed E-state index contributed by atoms with van der Waals surface area (Å²) < 4.78 is 11.9. The highest BCUT2D eigenvalue weighted by molar-refractivity contribution is 5.95. The Morgan fingerprint density at radius 2 is 1.55 bits per heavy atom. The molecular weight excluding hydrogens is 572 g/mol. The first kappa shape index (κ1) is 37.5. The van der Waals surface area contributed by atoms with E-state index in [-0.39, 0.29) is 6.23 Å². The van der Waals surface area contributed by atoms with Crippen LogP contribution in [0.2, 0.25) is 0 Å². The molecule has 0 radical (unpaired) electrons. The number of hydrogen-bond acceptors (Lipinski definition) is 15. The number of rotatable bonds is 0. The van der Waals surface area contributed by atoms with Gasteiger partial charge in [-0.05, 0) is 68.4 Å². The van der Waals surface area contributed by atoms with Crippen LogP contribution in [0, 0.1) is 34.6 Å². The lowest BCUT2D eigenvalue weighted by molar-refractivity contribution is -0.0965. The number of allylic oxidation sites excluding steroid dienone is 1. The van der Waals surface area contributed by atoms with Crippen molar-refractivity contribution in [1.82, 2.24) is 45.2 Å². The molecule has 0 aromatic carbocycles. The highest BCUT2D eigenvalue weighted by Gasteiger charge is 2.14. The van der Waals surface area contributed by atoms with Gasteiger partial charge in [-0.1, -0.05) is 15.9 Å². The second-order valence-corrected chi connectivity index (χ2v) is 9.69. The van der Waals surface area contributed by atoms with E-state index >= 15 is 0 Å². The Balaban J connectivity index is 0.000000265. The second-order valence-electron chi connectivity index (χ2n) is 9.69. The monoisotopic (exact) mass is 618 g/mol. The molecule has 17 heteroatoms. The van der Waals surface area contributed by atoms with Crippen LogP contribution in [0.5, 0.6) is 0 Å². The Morgan fingerprint density at radius 3 is 1.68 bits per heavy atom. The molecule has 0 aliphatic carbocycles. The van der Waals surface area contributed by atoms with Crippen LogP contribution >= 0.6 is 0 Å². The van der Waals surface area contributed by atoms with Crippen molar-refractivity contribution in [2.75, 3.05) is 20.3 Å². The van der Waals surface area contributed by atoms with Gasteiger partial charge < -0.3 is 4.52 Å². The minimum absolute atomic E-state index is 0.0139. The highest BCUT2D eigenvalue weighted by atomic mass is 16.7. The lowest BCUT2D eigenvalue weighted by Crippen LogP contribution is -2.18. The van der Waals surface area contributed by atoms with Crippen molar-refractivity contribution >= 4 is 17.4 Å². The normalized spacial score (nSPS) is 16.0. The van der Waals surface area contributed by atoms with E-state index in [1.54, 1.807) is 37.6 Å². The van der Waals surface area contributed by atoms with E-state index in [0.29, 0.717) is 24.3 Å². The van der Waals surface area contributed by atoms with Gasteiger partial charge in [-0.15, -0.1) is 0 Å². The van der Waals surface area contributed by atoms with Crippen molar-refractivity contribution in [3.05, 3.63) is 51.4 Å². The average molecular weight is 619 g/mol. The maximum atomic E-state index is 10.4. The molecule has 3 aliphatic heterocycles. The van der Waals surface area contributed by atoms with Gasteiger partial charge in [-0.3, -0.25) is 29.1 Å². The highest BCUT2D eigenvalue weighted by Crippen LogP contribution is 2.06. The third-order valence-electron chi connectivity index (χ3n) is 5.49. The van der Waals surface area contributed by atoms with Crippen LogP contribution in [0.3, 0.4) is 0 Å². The van der Waals surface area contributed by atoms with Gasteiger partial charge in [0.2, 0.25) is 5.89 Å². The molecule has 3 aromatic rings. The fourth-order valence-corrected chi connectivity index (χ4v) is 3.05. The van der Waals surface area contributed by atoms with E-state index in [0.717, 1.165) is 35.6 Å². The molecule has 244 valence electrons. The number of hydrogen-bond donors (Lipinski definition) is 1. The molecule has 3 aliphatic rings. The summed E-state index contributed by atoms with van der Waals surface area (Å²) in [6.45, 7) is 20.3. The lowest BCUT2D eigenvalue weighted by atomic mass is 10.3. The lowest BCUT2D eigenvalue weighted by Gasteiger charge is -2.08. The summed E-state index contributed by atoms with van der Waals surface area (Å²) in [5.41, 5.74) is 5.11. The molecule has 1 atom stereocenters. The van der Waals surface area contributed by atoms with Crippen LogP contribution < -0.4 is 11.2 Å². The molecule has 44 heavy (non-hydrogen) atoms. The summed E-state index contributed by atoms with van der Waals surface area (Å²) in [4.78, 5) is 40.0. The Labute approximate surface area is 257 Å². The van der Waals surface area contributed by atoms with Crippen LogP contribution in [0.1, 0.15) is 63.8 Å². The first-order valence-electron chi connectivity index (χ1n) is 13.7. The van der Waals surface area contributed by atoms with Crippen LogP contribution in [0.15, 0.2) is 40.5 Å². The van der Waals surface area contributed by atoms with E-state index in [4.69, 9.17) is 4.84 Å². The van der Waals surface area contributed by atoms with Gasteiger partial charge in [-0.2, -0.15) is 10.1 Å². The zero-order chi connectivity index (χ0) is 33.4. The molecule has 0 spiro atoms. The first-order valence-corrected chi connectivity index (χ1v) is 13.7. The molecule has 6 heterocycles. The fraction of sp³-hybridized carbons (Fsp3) is 0.593. The quantitative estimate of drug-likeness (QED) is 0.388. The van der Waals surface area contributed by atoms with Gasteiger partial charge in [0.1, 0.15) is 23.3 Å². The number of nitrogens with zero attached hydrogens (tertiary/aromatic N) is 11. The Bertz CT molecular complexity index is 1440. The maximum absolute atomic E-state index is 10.4. The van der Waals surface area contributed by atoms with Crippen LogP contribution in [0.4, 0.5) is 0 Å². The second kappa shape index (κ2) is 18.9. The van der Waals surface area contributed by atoms with Crippen LogP contribution in [-0.2, 0) is 23.8 Å². The number of aromatic nitrogens is 7. The largest absolute Gasteiger partial charge is 0.441 e. The Kier molecular flexibility index (Phi) is 16.1. The number of nitrogens with one attached hydrogen (secondary N) is 1. The maximum Gasteiger partial charge on any atom is 0.441 e. The third-order valence-corrected chi connectivity index (χ3v) is 5.49. The van der Waals surface area contributed by atoms with Crippen LogP contribution in [0.25, 0.3) is 0 Å². The number of aliphatic imine (C=N–C) groups is 3. The molecule has 0 bridgehead atoms. The number of hydroxylamine groups is 3. The zero-order valence-electron chi connectivity index (χ0n) is 28.0. The topological polar surface area (TPSA) is 188 Å². The molecule has 1 N–H and O–H groups in total. The minimum Gasteiger partial charge on any atom is -0.340 e. The molecule has 6 rings (SSSR count). The molecule has 1 unspecified atom stereocenters. The van der Waals surface area contributed by atoms with E-state index in [1.807, 2.05) is 55.6 Å². The minimum atomic E-state index is -0.414. The predicted octanol–water partition coefficient (Wildman–Crippen LogP) is 2.73. The van der Waals surface area contributed by atoms with Crippen molar-refractivity contribution in [3.63, 3.8) is 0 Å². The molecule has 0 amide bonds. The molecule has 3 aromatic heterocycles. The third kappa shape index (κ3) is 15.1. The van der Waals surface area contributed by atoms with Crippen molar-refractivity contribution in [1.29, 1.82) is 0 Å².